The first-order chi connectivity index (χ1) is 15.1. The average Bonchev–Trinajstić information content (AvgIpc) is 3.18. The highest BCUT2D eigenvalue weighted by Gasteiger charge is 2.13. The highest BCUT2D eigenvalue weighted by Crippen LogP contribution is 2.33. The maximum atomic E-state index is 12.3. The zero-order chi connectivity index (χ0) is 21.6. The van der Waals surface area contributed by atoms with E-state index in [2.05, 4.69) is 15.4 Å². The molecule has 0 saturated heterocycles. The van der Waals surface area contributed by atoms with Crippen LogP contribution in [0.3, 0.4) is 0 Å². The lowest BCUT2D eigenvalue weighted by atomic mass is 10.1. The van der Waals surface area contributed by atoms with E-state index in [0.717, 1.165) is 26.7 Å². The van der Waals surface area contributed by atoms with Gasteiger partial charge in [0, 0.05) is 18.2 Å². The summed E-state index contributed by atoms with van der Waals surface area (Å²) in [5, 5.41) is 8.29. The van der Waals surface area contributed by atoms with Gasteiger partial charge in [0.25, 0.3) is 5.56 Å². The molecule has 0 spiro atoms. The lowest BCUT2D eigenvalue weighted by Crippen LogP contribution is -2.32. The minimum absolute atomic E-state index is 0.0822. The Balaban J connectivity index is 1.45. The number of nitrogens with zero attached hydrogens (tertiary/aromatic N) is 3. The molecule has 0 aliphatic carbocycles. The Hall–Kier alpha value is -3.58. The van der Waals surface area contributed by atoms with Crippen molar-refractivity contribution in [2.75, 3.05) is 6.54 Å². The van der Waals surface area contributed by atoms with Crippen LogP contribution in [-0.2, 0) is 17.8 Å². The number of amides is 1. The summed E-state index contributed by atoms with van der Waals surface area (Å²) in [5.74, 6) is -0.0822. The molecule has 1 amide bonds. The lowest BCUT2D eigenvalue weighted by molar-refractivity contribution is -0.120. The second-order valence-electron chi connectivity index (χ2n) is 7.09. The van der Waals surface area contributed by atoms with Crippen molar-refractivity contribution in [3.05, 3.63) is 94.4 Å². The first kappa shape index (κ1) is 20.7. The van der Waals surface area contributed by atoms with Gasteiger partial charge in [0.2, 0.25) is 5.91 Å². The van der Waals surface area contributed by atoms with Crippen molar-refractivity contribution in [2.24, 2.45) is 0 Å². The molecule has 31 heavy (non-hydrogen) atoms. The minimum atomic E-state index is -0.202. The van der Waals surface area contributed by atoms with Crippen LogP contribution in [0.25, 0.3) is 21.1 Å². The number of hydrogen-bond donors (Lipinski definition) is 1. The monoisotopic (exact) mass is 430 g/mol. The summed E-state index contributed by atoms with van der Waals surface area (Å²) in [4.78, 5) is 30.0. The number of carbonyl (C=O) groups is 1. The van der Waals surface area contributed by atoms with Crippen molar-refractivity contribution >= 4 is 17.2 Å². The standard InChI is InChI=1S/C24H22N4O2S/c1-17-23(31-24(26-17)19-10-6-3-7-11-19)20-12-13-22(30)28(27-20)15-14-25-21(29)16-18-8-4-2-5-9-18/h2-13H,14-16H2,1H3,(H,25,29). The highest BCUT2D eigenvalue weighted by molar-refractivity contribution is 7.18. The van der Waals surface area contributed by atoms with Gasteiger partial charge in [-0.25, -0.2) is 9.67 Å². The van der Waals surface area contributed by atoms with Crippen molar-refractivity contribution in [1.82, 2.24) is 20.1 Å². The van der Waals surface area contributed by atoms with Crippen molar-refractivity contribution in [2.45, 2.75) is 19.9 Å². The molecule has 6 nitrogen and oxygen atoms in total. The molecule has 1 N–H and O–H groups in total. The maximum absolute atomic E-state index is 12.3. The molecule has 0 aliphatic rings. The minimum Gasteiger partial charge on any atom is -0.354 e. The molecule has 4 rings (SSSR count). The molecule has 0 aliphatic heterocycles. The molecule has 0 radical (unpaired) electrons. The third-order valence-electron chi connectivity index (χ3n) is 4.77. The maximum Gasteiger partial charge on any atom is 0.266 e. The van der Waals surface area contributed by atoms with Crippen molar-refractivity contribution in [1.29, 1.82) is 0 Å². The molecule has 0 bridgehead atoms. The summed E-state index contributed by atoms with van der Waals surface area (Å²) < 4.78 is 1.39. The number of nitrogens with one attached hydrogen (secondary N) is 1. The van der Waals surface area contributed by atoms with Crippen LogP contribution in [0.5, 0.6) is 0 Å². The van der Waals surface area contributed by atoms with Crippen LogP contribution in [0, 0.1) is 6.92 Å². The van der Waals surface area contributed by atoms with Crippen molar-refractivity contribution in [3.63, 3.8) is 0 Å². The zero-order valence-electron chi connectivity index (χ0n) is 17.1. The van der Waals surface area contributed by atoms with Crippen LogP contribution in [0.4, 0.5) is 0 Å². The number of benzene rings is 2. The van der Waals surface area contributed by atoms with Gasteiger partial charge in [-0.1, -0.05) is 60.7 Å². The smallest absolute Gasteiger partial charge is 0.266 e. The Morgan fingerprint density at radius 3 is 2.45 bits per heavy atom. The fourth-order valence-electron chi connectivity index (χ4n) is 3.21. The average molecular weight is 431 g/mol. The van der Waals surface area contributed by atoms with Gasteiger partial charge in [-0.15, -0.1) is 11.3 Å². The van der Waals surface area contributed by atoms with E-state index in [1.807, 2.05) is 67.6 Å². The molecule has 2 heterocycles. The number of aryl methyl sites for hydroxylation is 1. The Morgan fingerprint density at radius 2 is 1.71 bits per heavy atom. The van der Waals surface area contributed by atoms with Gasteiger partial charge in [-0.05, 0) is 18.6 Å². The van der Waals surface area contributed by atoms with Crippen LogP contribution >= 0.6 is 11.3 Å². The van der Waals surface area contributed by atoms with E-state index in [1.165, 1.54) is 10.7 Å². The number of thiazole rings is 1. The van der Waals surface area contributed by atoms with Crippen LogP contribution in [-0.4, -0.2) is 27.2 Å². The van der Waals surface area contributed by atoms with E-state index in [1.54, 1.807) is 17.4 Å². The Labute approximate surface area is 184 Å². The number of aromatic nitrogens is 3. The summed E-state index contributed by atoms with van der Waals surface area (Å²) >= 11 is 1.55. The second kappa shape index (κ2) is 9.49. The molecule has 0 atom stereocenters. The first-order valence-electron chi connectivity index (χ1n) is 10.0. The lowest BCUT2D eigenvalue weighted by Gasteiger charge is -2.08. The van der Waals surface area contributed by atoms with E-state index < -0.39 is 0 Å². The summed E-state index contributed by atoms with van der Waals surface area (Å²) in [5.41, 5.74) is 3.38. The Bertz CT molecular complexity index is 1230. The van der Waals surface area contributed by atoms with E-state index in [-0.39, 0.29) is 11.5 Å². The molecular formula is C24H22N4O2S. The number of hydrogen-bond acceptors (Lipinski definition) is 5. The molecule has 156 valence electrons. The van der Waals surface area contributed by atoms with E-state index in [4.69, 9.17) is 0 Å². The zero-order valence-corrected chi connectivity index (χ0v) is 17.9. The SMILES string of the molecule is Cc1nc(-c2ccccc2)sc1-c1ccc(=O)n(CCNC(=O)Cc2ccccc2)n1. The molecular weight excluding hydrogens is 408 g/mol. The van der Waals surface area contributed by atoms with E-state index in [0.29, 0.717) is 25.2 Å². The largest absolute Gasteiger partial charge is 0.354 e. The van der Waals surface area contributed by atoms with Gasteiger partial charge in [-0.2, -0.15) is 5.10 Å². The molecule has 0 saturated carbocycles. The van der Waals surface area contributed by atoms with Crippen molar-refractivity contribution < 1.29 is 4.79 Å². The summed E-state index contributed by atoms with van der Waals surface area (Å²) in [7, 11) is 0. The Morgan fingerprint density at radius 1 is 1.00 bits per heavy atom. The molecule has 7 heteroatoms. The predicted octanol–water partition coefficient (Wildman–Crippen LogP) is 3.70. The van der Waals surface area contributed by atoms with E-state index in [9.17, 15) is 9.59 Å². The van der Waals surface area contributed by atoms with Gasteiger partial charge >= 0.3 is 0 Å². The number of carbonyl (C=O) groups excluding carboxylic acids is 1. The van der Waals surface area contributed by atoms with Crippen LogP contribution in [0.15, 0.2) is 77.6 Å². The molecule has 2 aromatic carbocycles. The van der Waals surface area contributed by atoms with Crippen LogP contribution in [0.1, 0.15) is 11.3 Å². The highest BCUT2D eigenvalue weighted by atomic mass is 32.1. The predicted molar refractivity (Wildman–Crippen MR) is 123 cm³/mol. The third-order valence-corrected chi connectivity index (χ3v) is 6.00. The quantitative estimate of drug-likeness (QED) is 0.485. The van der Waals surface area contributed by atoms with Gasteiger partial charge < -0.3 is 5.32 Å². The third kappa shape index (κ3) is 5.13. The molecule has 4 aromatic rings. The second-order valence-corrected chi connectivity index (χ2v) is 8.09. The first-order valence-corrected chi connectivity index (χ1v) is 10.8. The fourth-order valence-corrected chi connectivity index (χ4v) is 4.25. The summed E-state index contributed by atoms with van der Waals surface area (Å²) in [6, 6.07) is 22.8. The fraction of sp³-hybridized carbons (Fsp3) is 0.167. The van der Waals surface area contributed by atoms with Gasteiger partial charge in [0.15, 0.2) is 0 Å². The van der Waals surface area contributed by atoms with Gasteiger partial charge in [0.1, 0.15) is 10.7 Å². The van der Waals surface area contributed by atoms with Crippen LogP contribution < -0.4 is 10.9 Å². The molecule has 2 aromatic heterocycles. The van der Waals surface area contributed by atoms with Gasteiger partial charge in [0.05, 0.1) is 23.5 Å². The summed E-state index contributed by atoms with van der Waals surface area (Å²) in [6.45, 7) is 2.58. The van der Waals surface area contributed by atoms with Gasteiger partial charge in [-0.3, -0.25) is 9.59 Å². The number of rotatable bonds is 7. The Kier molecular flexibility index (Phi) is 6.33. The van der Waals surface area contributed by atoms with E-state index >= 15 is 0 Å². The topological polar surface area (TPSA) is 76.9 Å². The molecule has 0 fully saturated rings. The van der Waals surface area contributed by atoms with Crippen molar-refractivity contribution in [3.8, 4) is 21.1 Å². The van der Waals surface area contributed by atoms with Crippen LogP contribution in [0.2, 0.25) is 0 Å². The molecule has 0 unspecified atom stereocenters. The normalized spacial score (nSPS) is 10.7. The summed E-state index contributed by atoms with van der Waals surface area (Å²) in [6.07, 6.45) is 0.311.